The van der Waals surface area contributed by atoms with Gasteiger partial charge in [-0.25, -0.2) is 4.79 Å². The van der Waals surface area contributed by atoms with Crippen molar-refractivity contribution in [1.82, 2.24) is 0 Å². The van der Waals surface area contributed by atoms with Crippen LogP contribution >= 0.6 is 0 Å². The van der Waals surface area contributed by atoms with E-state index in [1.807, 2.05) is 37.3 Å². The van der Waals surface area contributed by atoms with Gasteiger partial charge in [0.25, 0.3) is 0 Å². The summed E-state index contributed by atoms with van der Waals surface area (Å²) in [5, 5.41) is 8.34. The molecule has 0 aliphatic rings. The molecule has 2 rings (SSSR count). The number of carbonyl (C=O) groups is 1. The molecule has 0 spiro atoms. The fourth-order valence-electron chi connectivity index (χ4n) is 1.55. The molecular weight excluding hydrogens is 260 g/mol. The molecule has 0 heterocycles. The normalized spacial score (nSPS) is 9.81. The summed E-state index contributed by atoms with van der Waals surface area (Å²) in [5.74, 6) is -0.921. The number of hydrogen-bond acceptors (Lipinski definition) is 1. The van der Waals surface area contributed by atoms with E-state index < -0.39 is 5.97 Å². The van der Waals surface area contributed by atoms with E-state index in [0.29, 0.717) is 0 Å². The second kappa shape index (κ2) is 8.54. The molecule has 1 N–H and O–H groups in total. The molecule has 0 radical (unpaired) electrons. The van der Waals surface area contributed by atoms with Gasteiger partial charge in [-0.05, 0) is 31.1 Å². The van der Waals surface area contributed by atoms with Gasteiger partial charge in [-0.15, -0.1) is 0 Å². The zero-order valence-corrected chi connectivity index (χ0v) is 12.4. The van der Waals surface area contributed by atoms with Gasteiger partial charge in [0.15, 0.2) is 0 Å². The molecule has 0 unspecified atom stereocenters. The molecule has 0 saturated carbocycles. The molecule has 0 amide bonds. The van der Waals surface area contributed by atoms with Crippen LogP contribution in [0.5, 0.6) is 0 Å². The van der Waals surface area contributed by atoms with Crippen LogP contribution in [0.1, 0.15) is 22.3 Å². The first-order valence-corrected chi connectivity index (χ1v) is 6.68. The second-order valence-electron chi connectivity index (χ2n) is 4.70. The fourth-order valence-corrected chi connectivity index (χ4v) is 1.55. The molecule has 2 nitrogen and oxygen atoms in total. The third-order valence-electron chi connectivity index (χ3n) is 2.81. The molecule has 108 valence electrons. The van der Waals surface area contributed by atoms with Crippen LogP contribution < -0.4 is 0 Å². The van der Waals surface area contributed by atoms with Gasteiger partial charge < -0.3 is 5.11 Å². The predicted molar refractivity (Wildman–Crippen MR) is 89.1 cm³/mol. The van der Waals surface area contributed by atoms with Gasteiger partial charge in [0.2, 0.25) is 0 Å². The smallest absolute Gasteiger partial charge is 0.328 e. The first-order chi connectivity index (χ1) is 10.0. The Morgan fingerprint density at radius 2 is 1.33 bits per heavy atom. The van der Waals surface area contributed by atoms with Gasteiger partial charge in [0.05, 0.1) is 0 Å². The number of carboxylic acid groups (broad SMARTS) is 1. The molecule has 2 aromatic rings. The Hall–Kier alpha value is -2.61. The van der Waals surface area contributed by atoms with Crippen LogP contribution in [-0.4, -0.2) is 11.1 Å². The standard InChI is InChI=1S/C10H10O2.C9H10/c1-8-2-4-9(5-3-8)6-7-10(11)12;1-3-9-6-4-8(2)5-7-9/h2-7H,1H3,(H,11,12);3-7H,1H2,2H3/b7-6+;. The molecule has 0 bridgehead atoms. The summed E-state index contributed by atoms with van der Waals surface area (Å²) >= 11 is 0. The Balaban J connectivity index is 0.000000219. The first kappa shape index (κ1) is 16.4. The van der Waals surface area contributed by atoms with E-state index in [1.54, 1.807) is 6.08 Å². The summed E-state index contributed by atoms with van der Waals surface area (Å²) in [6.07, 6.45) is 4.55. The largest absolute Gasteiger partial charge is 0.478 e. The summed E-state index contributed by atoms with van der Waals surface area (Å²) in [6, 6.07) is 15.9. The zero-order chi connectivity index (χ0) is 15.7. The van der Waals surface area contributed by atoms with E-state index in [0.717, 1.165) is 11.6 Å². The van der Waals surface area contributed by atoms with Crippen molar-refractivity contribution >= 4 is 18.1 Å². The van der Waals surface area contributed by atoms with Crippen molar-refractivity contribution in [3.05, 3.63) is 83.4 Å². The first-order valence-electron chi connectivity index (χ1n) is 6.68. The third kappa shape index (κ3) is 6.92. The van der Waals surface area contributed by atoms with Gasteiger partial charge >= 0.3 is 5.97 Å². The summed E-state index contributed by atoms with van der Waals surface area (Å²) < 4.78 is 0. The van der Waals surface area contributed by atoms with Crippen LogP contribution in [0, 0.1) is 13.8 Å². The van der Waals surface area contributed by atoms with Crippen molar-refractivity contribution in [3.63, 3.8) is 0 Å². The van der Waals surface area contributed by atoms with Gasteiger partial charge in [-0.3, -0.25) is 0 Å². The Labute approximate surface area is 126 Å². The van der Waals surface area contributed by atoms with Crippen LogP contribution in [0.2, 0.25) is 0 Å². The Bertz CT molecular complexity index is 605. The van der Waals surface area contributed by atoms with E-state index >= 15 is 0 Å². The van der Waals surface area contributed by atoms with Crippen LogP contribution in [0.15, 0.2) is 61.2 Å². The van der Waals surface area contributed by atoms with E-state index in [-0.39, 0.29) is 0 Å². The topological polar surface area (TPSA) is 37.3 Å². The average Bonchev–Trinajstić information content (AvgIpc) is 2.48. The molecule has 2 aromatic carbocycles. The molecule has 0 aliphatic heterocycles. The minimum absolute atomic E-state index is 0.906. The molecule has 0 fully saturated rings. The number of hydrogen-bond donors (Lipinski definition) is 1. The number of aliphatic carboxylic acids is 1. The van der Waals surface area contributed by atoms with E-state index in [1.165, 1.54) is 16.7 Å². The van der Waals surface area contributed by atoms with Gasteiger partial charge in [0, 0.05) is 6.08 Å². The van der Waals surface area contributed by atoms with Crippen molar-refractivity contribution in [2.75, 3.05) is 0 Å². The summed E-state index contributed by atoms with van der Waals surface area (Å²) in [5.41, 5.74) is 4.55. The maximum absolute atomic E-state index is 10.2. The number of aryl methyl sites for hydroxylation is 2. The number of rotatable bonds is 3. The van der Waals surface area contributed by atoms with E-state index in [4.69, 9.17) is 5.11 Å². The van der Waals surface area contributed by atoms with Gasteiger partial charge in [-0.2, -0.15) is 0 Å². The van der Waals surface area contributed by atoms with Crippen molar-refractivity contribution in [2.24, 2.45) is 0 Å². The van der Waals surface area contributed by atoms with Gasteiger partial charge in [-0.1, -0.05) is 72.3 Å². The lowest BCUT2D eigenvalue weighted by Crippen LogP contribution is -1.85. The lowest BCUT2D eigenvalue weighted by Gasteiger charge is -1.92. The zero-order valence-electron chi connectivity index (χ0n) is 12.4. The maximum atomic E-state index is 10.2. The Morgan fingerprint density at radius 1 is 0.905 bits per heavy atom. The second-order valence-corrected chi connectivity index (χ2v) is 4.70. The maximum Gasteiger partial charge on any atom is 0.328 e. The van der Waals surface area contributed by atoms with Gasteiger partial charge in [0.1, 0.15) is 0 Å². The van der Waals surface area contributed by atoms with Crippen molar-refractivity contribution < 1.29 is 9.90 Å². The minimum Gasteiger partial charge on any atom is -0.478 e. The monoisotopic (exact) mass is 280 g/mol. The average molecular weight is 280 g/mol. The Morgan fingerprint density at radius 3 is 1.71 bits per heavy atom. The number of benzene rings is 2. The van der Waals surface area contributed by atoms with Crippen LogP contribution in [-0.2, 0) is 4.79 Å². The summed E-state index contributed by atoms with van der Waals surface area (Å²) in [4.78, 5) is 10.2. The van der Waals surface area contributed by atoms with Crippen LogP contribution in [0.25, 0.3) is 12.2 Å². The van der Waals surface area contributed by atoms with Crippen LogP contribution in [0.4, 0.5) is 0 Å². The highest BCUT2D eigenvalue weighted by Gasteiger charge is 1.88. The molecular formula is C19H20O2. The van der Waals surface area contributed by atoms with Crippen molar-refractivity contribution in [1.29, 1.82) is 0 Å². The van der Waals surface area contributed by atoms with E-state index in [9.17, 15) is 4.79 Å². The van der Waals surface area contributed by atoms with Crippen molar-refractivity contribution in [3.8, 4) is 0 Å². The molecule has 0 aromatic heterocycles. The Kier molecular flexibility index (Phi) is 6.69. The summed E-state index contributed by atoms with van der Waals surface area (Å²) in [7, 11) is 0. The highest BCUT2D eigenvalue weighted by atomic mass is 16.4. The molecule has 2 heteroatoms. The predicted octanol–water partition coefficient (Wildman–Crippen LogP) is 4.73. The molecule has 0 saturated heterocycles. The van der Waals surface area contributed by atoms with E-state index in [2.05, 4.69) is 37.8 Å². The molecule has 0 aliphatic carbocycles. The third-order valence-corrected chi connectivity index (χ3v) is 2.81. The molecule has 0 atom stereocenters. The van der Waals surface area contributed by atoms with Crippen LogP contribution in [0.3, 0.4) is 0 Å². The van der Waals surface area contributed by atoms with Crippen molar-refractivity contribution in [2.45, 2.75) is 13.8 Å². The summed E-state index contributed by atoms with van der Waals surface area (Å²) in [6.45, 7) is 7.73. The quantitative estimate of drug-likeness (QED) is 0.825. The SMILES string of the molecule is C=Cc1ccc(C)cc1.Cc1ccc(/C=C/C(=O)O)cc1. The highest BCUT2D eigenvalue weighted by Crippen LogP contribution is 2.04. The lowest BCUT2D eigenvalue weighted by molar-refractivity contribution is -0.131. The highest BCUT2D eigenvalue weighted by molar-refractivity contribution is 5.85. The minimum atomic E-state index is -0.921. The lowest BCUT2D eigenvalue weighted by atomic mass is 10.1. The molecule has 21 heavy (non-hydrogen) atoms. The number of carboxylic acids is 1. The fraction of sp³-hybridized carbons (Fsp3) is 0.105.